The van der Waals surface area contributed by atoms with E-state index in [2.05, 4.69) is 16.0 Å². The minimum Gasteiger partial charge on any atom is -0.392 e. The number of hydrogen-bond acceptors (Lipinski definition) is 8. The van der Waals surface area contributed by atoms with Crippen molar-refractivity contribution in [2.24, 2.45) is 16.3 Å². The molecule has 0 amide bonds. The molecule has 4 aliphatic rings. The van der Waals surface area contributed by atoms with Gasteiger partial charge < -0.3 is 20.5 Å². The number of aliphatic imine (C=N–C) groups is 1. The average Bonchev–Trinajstić information content (AvgIpc) is 3.60. The maximum absolute atomic E-state index is 13.8. The largest absolute Gasteiger partial charge is 0.392 e. The van der Waals surface area contributed by atoms with E-state index in [-0.39, 0.29) is 29.4 Å². The summed E-state index contributed by atoms with van der Waals surface area (Å²) in [6.45, 7) is 4.62. The summed E-state index contributed by atoms with van der Waals surface area (Å²) in [4.78, 5) is 14.3. The first-order valence-corrected chi connectivity index (χ1v) is 15.4. The summed E-state index contributed by atoms with van der Waals surface area (Å²) >= 11 is 0. The minimum absolute atomic E-state index is 0.235. The molecule has 3 saturated heterocycles. The first kappa shape index (κ1) is 28.3. The number of anilines is 1. The van der Waals surface area contributed by atoms with E-state index in [1.165, 1.54) is 23.9 Å². The Hall–Kier alpha value is -2.83. The van der Waals surface area contributed by atoms with Crippen molar-refractivity contribution < 1.29 is 18.8 Å². The molecular weight excluding hydrogens is 543 g/mol. The third-order valence-corrected chi connectivity index (χ3v) is 10.2. The van der Waals surface area contributed by atoms with Gasteiger partial charge in [0, 0.05) is 75.3 Å². The summed E-state index contributed by atoms with van der Waals surface area (Å²) in [7, 11) is -1.41. The Balaban J connectivity index is 1.27. The second-order valence-corrected chi connectivity index (χ2v) is 13.2. The van der Waals surface area contributed by atoms with Crippen LogP contribution in [0.5, 0.6) is 0 Å². The highest BCUT2D eigenvalue weighted by Gasteiger charge is 2.47. The lowest BCUT2D eigenvalue weighted by atomic mass is 9.65. The fourth-order valence-corrected chi connectivity index (χ4v) is 7.93. The van der Waals surface area contributed by atoms with Gasteiger partial charge in [-0.05, 0) is 68.2 Å². The van der Waals surface area contributed by atoms with Crippen molar-refractivity contribution in [3.8, 4) is 0 Å². The van der Waals surface area contributed by atoms with Gasteiger partial charge in [0.2, 0.25) is 0 Å². The SMILES string of the molecule is N=CC1CC2(CN3CCC(O)C3)CN(S(=O)c3ccc(N4CCC(O)C4)nc3)CCC2=CC1=Nc1ccc(F)cc1. The molecule has 3 fully saturated rings. The number of allylic oxidation sites excluding steroid dienone is 1. The molecule has 0 radical (unpaired) electrons. The second kappa shape index (κ2) is 11.8. The smallest absolute Gasteiger partial charge is 0.129 e. The number of halogens is 1. The van der Waals surface area contributed by atoms with Crippen molar-refractivity contribution in [3.63, 3.8) is 0 Å². The summed E-state index contributed by atoms with van der Waals surface area (Å²) in [5, 5.41) is 28.4. The lowest BCUT2D eigenvalue weighted by molar-refractivity contribution is 0.118. The van der Waals surface area contributed by atoms with Crippen LogP contribution < -0.4 is 4.90 Å². The fraction of sp³-hybridized carbons (Fsp3) is 0.500. The van der Waals surface area contributed by atoms with Crippen molar-refractivity contribution in [3.05, 3.63) is 60.1 Å². The number of aromatic nitrogens is 1. The van der Waals surface area contributed by atoms with E-state index < -0.39 is 11.0 Å². The van der Waals surface area contributed by atoms with Gasteiger partial charge in [-0.15, -0.1) is 0 Å². The van der Waals surface area contributed by atoms with Crippen LogP contribution in [0, 0.1) is 22.6 Å². The zero-order chi connectivity index (χ0) is 28.6. The van der Waals surface area contributed by atoms with E-state index >= 15 is 0 Å². The summed E-state index contributed by atoms with van der Waals surface area (Å²) in [5.41, 5.74) is 2.33. The molecule has 5 atom stereocenters. The third kappa shape index (κ3) is 6.05. The standard InChI is InChI=1S/C30H37FN6O3S/c31-23-1-3-24(4-2-23)34-28-13-22-7-12-37(20-30(22,14-21(28)15-32)19-35-10-8-25(38)17-35)41(40)27-5-6-29(33-16-27)36-11-9-26(39)18-36/h1-6,13,15-16,21,25-26,32,38-39H,7-12,14,17-20H2. The quantitative estimate of drug-likeness (QED) is 0.434. The van der Waals surface area contributed by atoms with Crippen LogP contribution in [0.1, 0.15) is 25.7 Å². The number of nitrogens with one attached hydrogen (secondary N) is 1. The summed E-state index contributed by atoms with van der Waals surface area (Å²) in [6.07, 6.45) is 7.37. The van der Waals surface area contributed by atoms with E-state index in [0.717, 1.165) is 37.5 Å². The molecule has 3 aliphatic heterocycles. The van der Waals surface area contributed by atoms with Gasteiger partial charge in [-0.25, -0.2) is 17.9 Å². The van der Waals surface area contributed by atoms with Gasteiger partial charge in [0.15, 0.2) is 0 Å². The van der Waals surface area contributed by atoms with Gasteiger partial charge >= 0.3 is 0 Å². The highest BCUT2D eigenvalue weighted by atomic mass is 32.2. The van der Waals surface area contributed by atoms with Crippen molar-refractivity contribution in [2.75, 3.05) is 50.7 Å². The maximum atomic E-state index is 13.8. The normalized spacial score (nSPS) is 30.8. The predicted molar refractivity (Wildman–Crippen MR) is 158 cm³/mol. The number of rotatable bonds is 7. The Morgan fingerprint density at radius 1 is 1.10 bits per heavy atom. The van der Waals surface area contributed by atoms with E-state index in [9.17, 15) is 18.8 Å². The molecule has 4 heterocycles. The summed E-state index contributed by atoms with van der Waals surface area (Å²) in [6, 6.07) is 9.82. The third-order valence-electron chi connectivity index (χ3n) is 8.81. The zero-order valence-electron chi connectivity index (χ0n) is 23.0. The number of nitrogens with zero attached hydrogens (tertiary/aromatic N) is 5. The van der Waals surface area contributed by atoms with Gasteiger partial charge in [-0.3, -0.25) is 9.89 Å². The molecule has 218 valence electrons. The van der Waals surface area contributed by atoms with Crippen molar-refractivity contribution in [1.29, 1.82) is 5.41 Å². The van der Waals surface area contributed by atoms with E-state index in [1.807, 2.05) is 21.3 Å². The van der Waals surface area contributed by atoms with E-state index in [4.69, 9.17) is 10.4 Å². The van der Waals surface area contributed by atoms with E-state index in [1.54, 1.807) is 18.3 Å². The zero-order valence-corrected chi connectivity index (χ0v) is 23.8. The van der Waals surface area contributed by atoms with Crippen LogP contribution in [0.3, 0.4) is 0 Å². The fourth-order valence-electron chi connectivity index (χ4n) is 6.69. The van der Waals surface area contributed by atoms with Gasteiger partial charge in [0.25, 0.3) is 0 Å². The molecule has 3 N–H and O–H groups in total. The highest BCUT2D eigenvalue weighted by Crippen LogP contribution is 2.46. The molecule has 41 heavy (non-hydrogen) atoms. The van der Waals surface area contributed by atoms with Crippen molar-refractivity contribution in [2.45, 2.75) is 42.8 Å². The monoisotopic (exact) mass is 580 g/mol. The minimum atomic E-state index is -1.41. The van der Waals surface area contributed by atoms with Crippen LogP contribution in [0.2, 0.25) is 0 Å². The number of fused-ring (bicyclic) bond motifs is 1. The molecule has 0 saturated carbocycles. The van der Waals surface area contributed by atoms with Crippen molar-refractivity contribution in [1.82, 2.24) is 14.2 Å². The Bertz CT molecular complexity index is 1350. The molecule has 9 nitrogen and oxygen atoms in total. The maximum Gasteiger partial charge on any atom is 0.129 e. The number of aliphatic hydroxyl groups is 2. The molecule has 1 aliphatic carbocycles. The number of benzene rings is 1. The molecule has 11 heteroatoms. The molecule has 1 aromatic heterocycles. The number of aliphatic hydroxyl groups excluding tert-OH is 2. The number of likely N-dealkylation sites (tertiary alicyclic amines) is 1. The molecule has 5 unspecified atom stereocenters. The number of pyridine rings is 1. The number of hydrogen-bond donors (Lipinski definition) is 3. The van der Waals surface area contributed by atoms with Gasteiger partial charge in [0.05, 0.1) is 22.8 Å². The Kier molecular flexibility index (Phi) is 8.15. The van der Waals surface area contributed by atoms with Gasteiger partial charge in [-0.1, -0.05) is 5.57 Å². The molecule has 6 rings (SSSR count). The van der Waals surface area contributed by atoms with Gasteiger partial charge in [0.1, 0.15) is 22.6 Å². The molecular formula is C30H37FN6O3S. The van der Waals surface area contributed by atoms with Crippen LogP contribution in [0.4, 0.5) is 15.9 Å². The lowest BCUT2D eigenvalue weighted by Crippen LogP contribution is -2.53. The molecule has 0 spiro atoms. The number of piperidine rings is 1. The first-order chi connectivity index (χ1) is 19.8. The molecule has 0 bridgehead atoms. The van der Waals surface area contributed by atoms with Crippen LogP contribution in [0.15, 0.2) is 64.1 Å². The predicted octanol–water partition coefficient (Wildman–Crippen LogP) is 2.94. The summed E-state index contributed by atoms with van der Waals surface area (Å²) < 4.78 is 29.3. The van der Waals surface area contributed by atoms with Crippen molar-refractivity contribution >= 4 is 34.4 Å². The van der Waals surface area contributed by atoms with Crippen LogP contribution in [-0.4, -0.2) is 98.6 Å². The Morgan fingerprint density at radius 3 is 2.54 bits per heavy atom. The second-order valence-electron chi connectivity index (χ2n) is 11.7. The van der Waals surface area contributed by atoms with E-state index in [0.29, 0.717) is 56.1 Å². The topological polar surface area (TPSA) is 116 Å². The number of β-amino-alcohol motifs (C(OH)–C–C–N with tert-alkyl or cyclic N) is 2. The molecule has 2 aromatic rings. The van der Waals surface area contributed by atoms with Crippen LogP contribution in [0.25, 0.3) is 0 Å². The van der Waals surface area contributed by atoms with Crippen LogP contribution >= 0.6 is 0 Å². The Morgan fingerprint density at radius 2 is 1.88 bits per heavy atom. The van der Waals surface area contributed by atoms with Crippen LogP contribution in [-0.2, 0) is 11.0 Å². The van der Waals surface area contributed by atoms with Gasteiger partial charge in [-0.2, -0.15) is 0 Å². The highest BCUT2D eigenvalue weighted by molar-refractivity contribution is 7.82. The first-order valence-electron chi connectivity index (χ1n) is 14.3. The lowest BCUT2D eigenvalue weighted by Gasteiger charge is -2.49. The Labute approximate surface area is 242 Å². The summed E-state index contributed by atoms with van der Waals surface area (Å²) in [5.74, 6) is 0.234. The average molecular weight is 581 g/mol. The molecule has 1 aromatic carbocycles.